The molecule has 0 spiro atoms. The minimum atomic E-state index is -0.0193. The van der Waals surface area contributed by atoms with Gasteiger partial charge in [-0.2, -0.15) is 0 Å². The summed E-state index contributed by atoms with van der Waals surface area (Å²) in [5, 5.41) is 4.10. The zero-order valence-electron chi connectivity index (χ0n) is 13.3. The lowest BCUT2D eigenvalue weighted by atomic mass is 10.00. The third-order valence-corrected chi connectivity index (χ3v) is 4.83. The molecule has 0 bridgehead atoms. The minimum absolute atomic E-state index is 0.0193. The molecule has 2 heterocycles. The van der Waals surface area contributed by atoms with Crippen molar-refractivity contribution in [1.82, 2.24) is 5.32 Å². The quantitative estimate of drug-likeness (QED) is 0.912. The van der Waals surface area contributed by atoms with Gasteiger partial charge in [-0.1, -0.05) is 23.7 Å². The third-order valence-electron chi connectivity index (χ3n) is 4.60. The van der Waals surface area contributed by atoms with Crippen LogP contribution in [-0.2, 0) is 24.2 Å². The van der Waals surface area contributed by atoms with E-state index < -0.39 is 0 Å². The molecule has 2 aliphatic heterocycles. The Labute approximate surface area is 146 Å². The number of fused-ring (bicyclic) bond motifs is 2. The molecule has 4 nitrogen and oxygen atoms in total. The molecule has 1 amide bonds. The Bertz CT molecular complexity index is 791. The molecule has 5 heteroatoms. The summed E-state index contributed by atoms with van der Waals surface area (Å²) < 4.78 is 5.70. The normalized spacial score (nSPS) is 16.9. The number of hydrogen-bond acceptors (Lipinski definition) is 3. The maximum absolute atomic E-state index is 12.4. The molecule has 0 aliphatic carbocycles. The van der Waals surface area contributed by atoms with Crippen LogP contribution in [0.4, 0.5) is 5.69 Å². The van der Waals surface area contributed by atoms with Gasteiger partial charge in [0.15, 0.2) is 6.61 Å². The number of anilines is 1. The van der Waals surface area contributed by atoms with Gasteiger partial charge in [-0.05, 0) is 66.9 Å². The van der Waals surface area contributed by atoms with Gasteiger partial charge in [0.2, 0.25) is 0 Å². The van der Waals surface area contributed by atoms with Crippen LogP contribution in [0.15, 0.2) is 36.4 Å². The summed E-state index contributed by atoms with van der Waals surface area (Å²) in [6.07, 6.45) is 1.97. The molecule has 0 fully saturated rings. The van der Waals surface area contributed by atoms with Gasteiger partial charge in [-0.25, -0.2) is 0 Å². The Morgan fingerprint density at radius 3 is 2.71 bits per heavy atom. The smallest absolute Gasteiger partial charge is 0.265 e. The van der Waals surface area contributed by atoms with Crippen LogP contribution in [0.2, 0.25) is 5.02 Å². The van der Waals surface area contributed by atoms with Gasteiger partial charge in [0.25, 0.3) is 5.91 Å². The lowest BCUT2D eigenvalue weighted by Crippen LogP contribution is -2.38. The molecule has 0 unspecified atom stereocenters. The number of benzene rings is 2. The second-order valence-electron chi connectivity index (χ2n) is 6.24. The van der Waals surface area contributed by atoms with E-state index in [1.54, 1.807) is 0 Å². The zero-order valence-corrected chi connectivity index (χ0v) is 14.1. The largest absolute Gasteiger partial charge is 0.482 e. The highest BCUT2D eigenvalue weighted by atomic mass is 35.5. The van der Waals surface area contributed by atoms with Gasteiger partial charge in [-0.3, -0.25) is 4.79 Å². The van der Waals surface area contributed by atoms with Crippen LogP contribution in [0.5, 0.6) is 5.75 Å². The molecule has 0 radical (unpaired) electrons. The molecular weight excluding hydrogens is 324 g/mol. The minimum Gasteiger partial charge on any atom is -0.482 e. The fourth-order valence-electron chi connectivity index (χ4n) is 3.36. The average Bonchev–Trinajstić information content (AvgIpc) is 2.81. The molecule has 2 aliphatic rings. The number of amides is 1. The molecule has 124 valence electrons. The Morgan fingerprint density at radius 1 is 1.12 bits per heavy atom. The van der Waals surface area contributed by atoms with E-state index in [9.17, 15) is 4.79 Å². The first-order valence-corrected chi connectivity index (χ1v) is 8.62. The van der Waals surface area contributed by atoms with Crippen molar-refractivity contribution in [2.45, 2.75) is 19.4 Å². The molecule has 24 heavy (non-hydrogen) atoms. The number of hydrogen-bond donors (Lipinski definition) is 1. The zero-order chi connectivity index (χ0) is 16.5. The fourth-order valence-corrected chi connectivity index (χ4v) is 3.57. The topological polar surface area (TPSA) is 41.6 Å². The summed E-state index contributed by atoms with van der Waals surface area (Å²) in [5.41, 5.74) is 4.50. The van der Waals surface area contributed by atoms with Crippen LogP contribution in [0.25, 0.3) is 0 Å². The maximum Gasteiger partial charge on any atom is 0.265 e. The first-order chi connectivity index (χ1) is 11.7. The Kier molecular flexibility index (Phi) is 4.17. The van der Waals surface area contributed by atoms with Crippen LogP contribution < -0.4 is 15.0 Å². The van der Waals surface area contributed by atoms with Gasteiger partial charge in [0, 0.05) is 5.02 Å². The van der Waals surface area contributed by atoms with E-state index in [2.05, 4.69) is 17.4 Å². The Balaban J connectivity index is 1.71. The lowest BCUT2D eigenvalue weighted by Gasteiger charge is -2.30. The van der Waals surface area contributed by atoms with Crippen LogP contribution >= 0.6 is 11.6 Å². The van der Waals surface area contributed by atoms with Crippen molar-refractivity contribution in [3.8, 4) is 5.75 Å². The second kappa shape index (κ2) is 6.46. The van der Waals surface area contributed by atoms with Gasteiger partial charge in [-0.15, -0.1) is 0 Å². The van der Waals surface area contributed by atoms with Crippen LogP contribution in [0, 0.1) is 0 Å². The fraction of sp³-hybridized carbons (Fsp3) is 0.316. The van der Waals surface area contributed by atoms with Crippen molar-refractivity contribution in [1.29, 1.82) is 0 Å². The molecular formula is C19H19ClN2O2. The van der Waals surface area contributed by atoms with Crippen molar-refractivity contribution >= 4 is 23.2 Å². The highest BCUT2D eigenvalue weighted by molar-refractivity contribution is 6.30. The molecule has 2 aromatic carbocycles. The number of nitrogens with zero attached hydrogens (tertiary/aromatic N) is 1. The summed E-state index contributed by atoms with van der Waals surface area (Å²) in [7, 11) is 0. The van der Waals surface area contributed by atoms with E-state index in [1.165, 1.54) is 11.1 Å². The number of carbonyl (C=O) groups is 1. The monoisotopic (exact) mass is 342 g/mol. The maximum atomic E-state index is 12.4. The highest BCUT2D eigenvalue weighted by Crippen LogP contribution is 2.36. The first kappa shape index (κ1) is 15.5. The van der Waals surface area contributed by atoms with Crippen molar-refractivity contribution in [3.05, 3.63) is 58.1 Å². The van der Waals surface area contributed by atoms with Crippen LogP contribution in [0.1, 0.15) is 16.7 Å². The molecule has 4 rings (SSSR count). The number of nitrogens with one attached hydrogen (secondary N) is 1. The summed E-state index contributed by atoms with van der Waals surface area (Å²) in [4.78, 5) is 14.2. The van der Waals surface area contributed by atoms with E-state index in [0.29, 0.717) is 11.6 Å². The summed E-state index contributed by atoms with van der Waals surface area (Å²) in [5.74, 6) is 0.784. The van der Waals surface area contributed by atoms with Crippen molar-refractivity contribution in [3.63, 3.8) is 0 Å². The summed E-state index contributed by atoms with van der Waals surface area (Å²) in [6.45, 7) is 2.54. The predicted molar refractivity (Wildman–Crippen MR) is 94.9 cm³/mol. The number of halogens is 1. The Hall–Kier alpha value is -2.04. The average molecular weight is 343 g/mol. The van der Waals surface area contributed by atoms with E-state index in [4.69, 9.17) is 16.3 Å². The summed E-state index contributed by atoms with van der Waals surface area (Å²) >= 11 is 6.08. The highest BCUT2D eigenvalue weighted by Gasteiger charge is 2.27. The molecule has 2 aromatic rings. The standard InChI is InChI=1S/C19H19ClN2O2/c20-16-3-1-2-13(8-16)11-22-17-9-14-4-6-21-7-5-15(14)10-18(17)24-12-19(22)23/h1-3,8-10,21H,4-7,11-12H2. The number of rotatable bonds is 2. The van der Waals surface area contributed by atoms with Gasteiger partial charge in [0.1, 0.15) is 5.75 Å². The number of carbonyl (C=O) groups excluding carboxylic acids is 1. The van der Waals surface area contributed by atoms with Crippen molar-refractivity contribution in [2.75, 3.05) is 24.6 Å². The summed E-state index contributed by atoms with van der Waals surface area (Å²) in [6, 6.07) is 11.9. The van der Waals surface area contributed by atoms with Crippen molar-refractivity contribution in [2.24, 2.45) is 0 Å². The molecule has 1 N–H and O–H groups in total. The number of ether oxygens (including phenoxy) is 1. The van der Waals surface area contributed by atoms with E-state index in [1.807, 2.05) is 29.2 Å². The van der Waals surface area contributed by atoms with Gasteiger partial charge < -0.3 is 15.0 Å². The van der Waals surface area contributed by atoms with Gasteiger partial charge in [0.05, 0.1) is 12.2 Å². The van der Waals surface area contributed by atoms with E-state index in [-0.39, 0.29) is 12.5 Å². The molecule has 0 saturated heterocycles. The molecule has 0 aromatic heterocycles. The molecule has 0 atom stereocenters. The third kappa shape index (κ3) is 2.99. The first-order valence-electron chi connectivity index (χ1n) is 8.25. The van der Waals surface area contributed by atoms with E-state index >= 15 is 0 Å². The van der Waals surface area contributed by atoms with Crippen LogP contribution in [0.3, 0.4) is 0 Å². The lowest BCUT2D eigenvalue weighted by molar-refractivity contribution is -0.121. The van der Waals surface area contributed by atoms with Gasteiger partial charge >= 0.3 is 0 Å². The Morgan fingerprint density at radius 2 is 1.92 bits per heavy atom. The van der Waals surface area contributed by atoms with Crippen molar-refractivity contribution < 1.29 is 9.53 Å². The predicted octanol–water partition coefficient (Wildman–Crippen LogP) is 2.95. The second-order valence-corrected chi connectivity index (χ2v) is 6.67. The van der Waals surface area contributed by atoms with E-state index in [0.717, 1.165) is 42.9 Å². The van der Waals surface area contributed by atoms with Crippen LogP contribution in [-0.4, -0.2) is 25.6 Å². The SMILES string of the molecule is O=C1COc2cc3c(cc2N1Cc1cccc(Cl)c1)CCNCC3. The molecule has 0 saturated carbocycles.